The molecule has 0 radical (unpaired) electrons. The summed E-state index contributed by atoms with van der Waals surface area (Å²) in [7, 11) is 0. The number of rotatable bonds is 14. The smallest absolute Gasteiger partial charge is 0.0540 e. The molecule has 0 saturated heterocycles. The van der Waals surface area contributed by atoms with Crippen molar-refractivity contribution in [1.29, 1.82) is 0 Å². The van der Waals surface area contributed by atoms with Crippen LogP contribution in [0.15, 0.2) is 0 Å². The summed E-state index contributed by atoms with van der Waals surface area (Å²) >= 11 is 0. The standard InChI is InChI=1S/C22H44O/c1-3-5-7-9-11-13-15-20(14-12-10-8-6-4-2)21-16-18-22(23)19-17-21/h20-23H,3-19H2,1-2H3. The number of hydrogen-bond donors (Lipinski definition) is 1. The predicted octanol–water partition coefficient (Wildman–Crippen LogP) is 7.26. The monoisotopic (exact) mass is 324 g/mol. The molecule has 0 aromatic rings. The van der Waals surface area contributed by atoms with E-state index >= 15 is 0 Å². The van der Waals surface area contributed by atoms with Crippen molar-refractivity contribution in [2.45, 2.75) is 129 Å². The first kappa shape index (κ1) is 21.0. The largest absolute Gasteiger partial charge is 0.393 e. The van der Waals surface area contributed by atoms with E-state index in [1.807, 2.05) is 0 Å². The molecule has 1 aliphatic carbocycles. The lowest BCUT2D eigenvalue weighted by atomic mass is 9.75. The van der Waals surface area contributed by atoms with Gasteiger partial charge in [0.2, 0.25) is 0 Å². The molecular formula is C22H44O. The van der Waals surface area contributed by atoms with E-state index < -0.39 is 0 Å². The van der Waals surface area contributed by atoms with E-state index in [9.17, 15) is 5.11 Å². The maximum atomic E-state index is 9.78. The van der Waals surface area contributed by atoms with Crippen LogP contribution in [0, 0.1) is 11.8 Å². The van der Waals surface area contributed by atoms with Gasteiger partial charge in [0.05, 0.1) is 6.10 Å². The lowest BCUT2D eigenvalue weighted by Crippen LogP contribution is -2.24. The van der Waals surface area contributed by atoms with Crippen molar-refractivity contribution < 1.29 is 5.11 Å². The zero-order chi connectivity index (χ0) is 16.8. The maximum Gasteiger partial charge on any atom is 0.0540 e. The number of aliphatic hydroxyl groups excluding tert-OH is 1. The van der Waals surface area contributed by atoms with Gasteiger partial charge < -0.3 is 5.11 Å². The van der Waals surface area contributed by atoms with Gasteiger partial charge in [-0.15, -0.1) is 0 Å². The van der Waals surface area contributed by atoms with Crippen molar-refractivity contribution in [3.63, 3.8) is 0 Å². The van der Waals surface area contributed by atoms with Crippen LogP contribution in [0.5, 0.6) is 0 Å². The van der Waals surface area contributed by atoms with Crippen molar-refractivity contribution in [2.24, 2.45) is 11.8 Å². The van der Waals surface area contributed by atoms with Gasteiger partial charge >= 0.3 is 0 Å². The fourth-order valence-corrected chi connectivity index (χ4v) is 4.39. The van der Waals surface area contributed by atoms with Crippen LogP contribution in [0.2, 0.25) is 0 Å². The van der Waals surface area contributed by atoms with Crippen LogP contribution in [0.1, 0.15) is 123 Å². The minimum atomic E-state index is 0.00509. The highest BCUT2D eigenvalue weighted by Gasteiger charge is 2.26. The van der Waals surface area contributed by atoms with Gasteiger partial charge in [0.25, 0.3) is 0 Å². The topological polar surface area (TPSA) is 20.2 Å². The van der Waals surface area contributed by atoms with Gasteiger partial charge in [0.1, 0.15) is 0 Å². The molecule has 1 nitrogen and oxygen atoms in total. The molecule has 0 aromatic carbocycles. The van der Waals surface area contributed by atoms with E-state index in [1.54, 1.807) is 0 Å². The molecule has 1 heteroatoms. The second-order valence-corrected chi connectivity index (χ2v) is 8.09. The third-order valence-electron chi connectivity index (χ3n) is 6.01. The van der Waals surface area contributed by atoms with Gasteiger partial charge in [-0.1, -0.05) is 97.3 Å². The first-order valence-electron chi connectivity index (χ1n) is 11.0. The fraction of sp³-hybridized carbons (Fsp3) is 1.00. The molecule has 1 fully saturated rings. The highest BCUT2D eigenvalue weighted by Crippen LogP contribution is 2.36. The van der Waals surface area contributed by atoms with Crippen molar-refractivity contribution in [1.82, 2.24) is 0 Å². The molecule has 0 aromatic heterocycles. The molecule has 0 spiro atoms. The van der Waals surface area contributed by atoms with E-state index in [0.717, 1.165) is 24.7 Å². The average molecular weight is 325 g/mol. The van der Waals surface area contributed by atoms with E-state index in [2.05, 4.69) is 13.8 Å². The summed E-state index contributed by atoms with van der Waals surface area (Å²) in [6, 6.07) is 0. The highest BCUT2D eigenvalue weighted by atomic mass is 16.3. The molecule has 1 rings (SSSR count). The summed E-state index contributed by atoms with van der Waals surface area (Å²) in [5.74, 6) is 1.87. The van der Waals surface area contributed by atoms with Crippen molar-refractivity contribution >= 4 is 0 Å². The molecule has 0 heterocycles. The molecular weight excluding hydrogens is 280 g/mol. The van der Waals surface area contributed by atoms with Gasteiger partial charge in [-0.25, -0.2) is 0 Å². The fourth-order valence-electron chi connectivity index (χ4n) is 4.39. The summed E-state index contributed by atoms with van der Waals surface area (Å²) < 4.78 is 0. The SMILES string of the molecule is CCCCCCCCC(CCCCCCC)C1CCC(O)CC1. The second kappa shape index (κ2) is 14.3. The molecule has 0 aliphatic heterocycles. The van der Waals surface area contributed by atoms with Gasteiger partial charge in [0.15, 0.2) is 0 Å². The Morgan fingerprint density at radius 1 is 0.652 bits per heavy atom. The first-order chi connectivity index (χ1) is 11.3. The van der Waals surface area contributed by atoms with Gasteiger partial charge in [0, 0.05) is 0 Å². The average Bonchev–Trinajstić information content (AvgIpc) is 2.57. The van der Waals surface area contributed by atoms with Gasteiger partial charge in [-0.05, 0) is 37.5 Å². The third kappa shape index (κ3) is 10.4. The van der Waals surface area contributed by atoms with Crippen molar-refractivity contribution in [3.05, 3.63) is 0 Å². The summed E-state index contributed by atoms with van der Waals surface area (Å²) in [6.45, 7) is 4.60. The molecule has 1 aliphatic rings. The van der Waals surface area contributed by atoms with Crippen molar-refractivity contribution in [2.75, 3.05) is 0 Å². The first-order valence-corrected chi connectivity index (χ1v) is 11.0. The summed E-state index contributed by atoms with van der Waals surface area (Å²) in [5.41, 5.74) is 0. The molecule has 1 saturated carbocycles. The zero-order valence-corrected chi connectivity index (χ0v) is 16.2. The van der Waals surface area contributed by atoms with E-state index in [4.69, 9.17) is 0 Å². The Bertz CT molecular complexity index is 242. The van der Waals surface area contributed by atoms with E-state index in [1.165, 1.54) is 96.3 Å². The van der Waals surface area contributed by atoms with Gasteiger partial charge in [-0.3, -0.25) is 0 Å². The highest BCUT2D eigenvalue weighted by molar-refractivity contribution is 4.78. The normalized spacial score (nSPS) is 23.1. The zero-order valence-electron chi connectivity index (χ0n) is 16.2. The molecule has 23 heavy (non-hydrogen) atoms. The molecule has 0 amide bonds. The van der Waals surface area contributed by atoms with Crippen LogP contribution in [-0.4, -0.2) is 11.2 Å². The number of unbranched alkanes of at least 4 members (excludes halogenated alkanes) is 9. The van der Waals surface area contributed by atoms with Crippen LogP contribution < -0.4 is 0 Å². The Morgan fingerprint density at radius 3 is 1.57 bits per heavy atom. The lowest BCUT2D eigenvalue weighted by Gasteiger charge is -2.32. The van der Waals surface area contributed by atoms with Gasteiger partial charge in [-0.2, -0.15) is 0 Å². The number of aliphatic hydroxyl groups is 1. The van der Waals surface area contributed by atoms with Crippen LogP contribution in [0.3, 0.4) is 0 Å². The van der Waals surface area contributed by atoms with Crippen LogP contribution >= 0.6 is 0 Å². The minimum absolute atomic E-state index is 0.00509. The van der Waals surface area contributed by atoms with E-state index in [0.29, 0.717) is 0 Å². The Hall–Kier alpha value is -0.0400. The third-order valence-corrected chi connectivity index (χ3v) is 6.01. The maximum absolute atomic E-state index is 9.78. The van der Waals surface area contributed by atoms with Crippen LogP contribution in [0.4, 0.5) is 0 Å². The Balaban J connectivity index is 2.23. The molecule has 1 unspecified atom stereocenters. The molecule has 138 valence electrons. The lowest BCUT2D eigenvalue weighted by molar-refractivity contribution is 0.0858. The predicted molar refractivity (Wildman–Crippen MR) is 103 cm³/mol. The summed E-state index contributed by atoms with van der Waals surface area (Å²) in [4.78, 5) is 0. The Morgan fingerprint density at radius 2 is 1.09 bits per heavy atom. The molecule has 1 atom stereocenters. The minimum Gasteiger partial charge on any atom is -0.393 e. The molecule has 1 N–H and O–H groups in total. The summed E-state index contributed by atoms with van der Waals surface area (Å²) in [5, 5.41) is 9.78. The van der Waals surface area contributed by atoms with Crippen LogP contribution in [-0.2, 0) is 0 Å². The second-order valence-electron chi connectivity index (χ2n) is 8.09. The summed E-state index contributed by atoms with van der Waals surface area (Å²) in [6.07, 6.45) is 23.3. The Labute approximate surface area is 146 Å². The van der Waals surface area contributed by atoms with Crippen molar-refractivity contribution in [3.8, 4) is 0 Å². The number of hydrogen-bond acceptors (Lipinski definition) is 1. The van der Waals surface area contributed by atoms with E-state index in [-0.39, 0.29) is 6.10 Å². The quantitative estimate of drug-likeness (QED) is 0.333. The molecule has 0 bridgehead atoms. The Kier molecular flexibility index (Phi) is 13.1. The van der Waals surface area contributed by atoms with Crippen LogP contribution in [0.25, 0.3) is 0 Å².